The molecule has 2 aromatic carbocycles. The van der Waals surface area contributed by atoms with Gasteiger partial charge in [-0.05, 0) is 48.7 Å². The summed E-state index contributed by atoms with van der Waals surface area (Å²) < 4.78 is 8.21. The highest BCUT2D eigenvalue weighted by Gasteiger charge is 2.09. The van der Waals surface area contributed by atoms with Crippen LogP contribution in [0.2, 0.25) is 0 Å². The fraction of sp³-hybridized carbons (Fsp3) is 0.263. The highest BCUT2D eigenvalue weighted by atomic mass is 79.9. The van der Waals surface area contributed by atoms with Crippen LogP contribution in [0.5, 0.6) is 0 Å². The summed E-state index contributed by atoms with van der Waals surface area (Å²) in [6, 6.07) is 13.4. The molecular weight excluding hydrogens is 386 g/mol. The Kier molecular flexibility index (Phi) is 5.31. The van der Waals surface area contributed by atoms with Gasteiger partial charge >= 0.3 is 5.76 Å². The van der Waals surface area contributed by atoms with Crippen LogP contribution in [-0.2, 0) is 6.42 Å². The van der Waals surface area contributed by atoms with Gasteiger partial charge in [0.05, 0.1) is 11.1 Å². The van der Waals surface area contributed by atoms with Crippen LogP contribution < -0.4 is 5.76 Å². The average Bonchev–Trinajstić information content (AvgIpc) is 2.57. The van der Waals surface area contributed by atoms with Crippen LogP contribution in [0, 0.1) is 4.64 Å². The van der Waals surface area contributed by atoms with E-state index in [-0.39, 0.29) is 0 Å². The van der Waals surface area contributed by atoms with Crippen molar-refractivity contribution in [1.82, 2.24) is 4.57 Å². The van der Waals surface area contributed by atoms with E-state index in [0.29, 0.717) is 10.2 Å². The number of fused-ring (bicyclic) bond motifs is 1. The Morgan fingerprint density at radius 2 is 1.88 bits per heavy atom. The molecule has 0 aliphatic carbocycles. The molecule has 0 N–H and O–H groups in total. The van der Waals surface area contributed by atoms with Gasteiger partial charge in [-0.15, -0.1) is 0 Å². The van der Waals surface area contributed by atoms with Gasteiger partial charge in [0.2, 0.25) is 0 Å². The van der Waals surface area contributed by atoms with Gasteiger partial charge in [-0.2, -0.15) is 0 Å². The van der Waals surface area contributed by atoms with Gasteiger partial charge in [0, 0.05) is 4.47 Å². The largest absolute Gasteiger partial charge is 0.425 e. The number of unbranched alkanes of at least 4 members (excludes halogenated alkanes) is 2. The van der Waals surface area contributed by atoms with Crippen LogP contribution in [0.1, 0.15) is 31.7 Å². The number of benzene rings is 2. The summed E-state index contributed by atoms with van der Waals surface area (Å²) in [6.07, 6.45) is 4.68. The monoisotopic (exact) mass is 403 g/mol. The van der Waals surface area contributed by atoms with Gasteiger partial charge in [0.1, 0.15) is 10.2 Å². The third kappa shape index (κ3) is 3.52. The van der Waals surface area contributed by atoms with Crippen LogP contribution in [0.3, 0.4) is 0 Å². The van der Waals surface area contributed by atoms with E-state index in [1.54, 1.807) is 6.07 Å². The Morgan fingerprint density at radius 1 is 1.12 bits per heavy atom. The summed E-state index contributed by atoms with van der Waals surface area (Å²) in [6.45, 7) is 2.20. The van der Waals surface area contributed by atoms with Gasteiger partial charge in [-0.25, -0.2) is 9.36 Å². The standard InChI is InChI=1S/C19H18BrNO2S/c1-2-3-4-5-13-6-9-15(10-7-13)21-18(24)16-12-14(20)8-11-17(16)23-19(21)22/h6-12H,2-5H2,1H3. The molecule has 3 nitrogen and oxygen atoms in total. The Bertz CT molecular complexity index is 973. The molecule has 0 fully saturated rings. The lowest BCUT2D eigenvalue weighted by Gasteiger charge is -2.08. The Labute approximate surface area is 154 Å². The molecule has 0 atom stereocenters. The highest BCUT2D eigenvalue weighted by Crippen LogP contribution is 2.21. The van der Waals surface area contributed by atoms with Crippen LogP contribution in [0.15, 0.2) is 56.1 Å². The minimum atomic E-state index is -0.464. The molecule has 0 radical (unpaired) electrons. The van der Waals surface area contributed by atoms with Crippen LogP contribution in [0.25, 0.3) is 16.7 Å². The molecular formula is C19H18BrNO2S. The first kappa shape index (κ1) is 17.1. The fourth-order valence-corrected chi connectivity index (χ4v) is 3.42. The van der Waals surface area contributed by atoms with Crippen molar-refractivity contribution >= 4 is 39.1 Å². The molecule has 0 spiro atoms. The van der Waals surface area contributed by atoms with Crippen LogP contribution >= 0.6 is 28.1 Å². The van der Waals surface area contributed by atoms with Gasteiger partial charge in [-0.3, -0.25) is 0 Å². The molecule has 0 aliphatic rings. The van der Waals surface area contributed by atoms with Gasteiger partial charge in [0.25, 0.3) is 0 Å². The molecule has 0 aliphatic heterocycles. The van der Waals surface area contributed by atoms with Crippen molar-refractivity contribution in [2.75, 3.05) is 0 Å². The van der Waals surface area contributed by atoms with E-state index < -0.39 is 5.76 Å². The number of rotatable bonds is 5. The lowest BCUT2D eigenvalue weighted by Crippen LogP contribution is -2.18. The number of aromatic nitrogens is 1. The maximum Gasteiger partial charge on any atom is 0.425 e. The van der Waals surface area contributed by atoms with Crippen molar-refractivity contribution in [1.29, 1.82) is 0 Å². The first-order valence-corrected chi connectivity index (χ1v) is 9.25. The zero-order valence-electron chi connectivity index (χ0n) is 13.4. The molecule has 3 aromatic rings. The van der Waals surface area contributed by atoms with Crippen LogP contribution in [-0.4, -0.2) is 4.57 Å². The molecule has 1 aromatic heterocycles. The predicted molar refractivity (Wildman–Crippen MR) is 104 cm³/mol. The molecule has 1 heterocycles. The number of hydrogen-bond donors (Lipinski definition) is 0. The topological polar surface area (TPSA) is 35.1 Å². The first-order chi connectivity index (χ1) is 11.6. The fourth-order valence-electron chi connectivity index (χ4n) is 2.71. The van der Waals surface area contributed by atoms with Gasteiger partial charge < -0.3 is 4.42 Å². The summed E-state index contributed by atoms with van der Waals surface area (Å²) in [5, 5.41) is 0.742. The Morgan fingerprint density at radius 3 is 2.58 bits per heavy atom. The lowest BCUT2D eigenvalue weighted by molar-refractivity contribution is 0.507. The zero-order valence-corrected chi connectivity index (χ0v) is 15.8. The molecule has 0 saturated carbocycles. The molecule has 0 saturated heterocycles. The second kappa shape index (κ2) is 7.45. The Balaban J connectivity index is 2.03. The van der Waals surface area contributed by atoms with Gasteiger partial charge in [-0.1, -0.05) is 60.0 Å². The quantitative estimate of drug-likeness (QED) is 0.398. The molecule has 24 heavy (non-hydrogen) atoms. The third-order valence-electron chi connectivity index (χ3n) is 4.02. The van der Waals surface area contributed by atoms with Gasteiger partial charge in [0.15, 0.2) is 0 Å². The van der Waals surface area contributed by atoms with E-state index in [4.69, 9.17) is 16.6 Å². The van der Waals surface area contributed by atoms with E-state index in [0.717, 1.165) is 22.0 Å². The SMILES string of the molecule is CCCCCc1ccc(-n2c(=O)oc3ccc(Br)cc3c2=S)cc1. The van der Waals surface area contributed by atoms with E-state index in [1.165, 1.54) is 29.4 Å². The van der Waals surface area contributed by atoms with Crippen molar-refractivity contribution < 1.29 is 4.42 Å². The minimum absolute atomic E-state index is 0.460. The molecule has 3 rings (SSSR count). The second-order valence-electron chi connectivity index (χ2n) is 5.77. The first-order valence-electron chi connectivity index (χ1n) is 8.05. The number of aryl methyl sites for hydroxylation is 1. The van der Waals surface area contributed by atoms with Crippen LogP contribution in [0.4, 0.5) is 0 Å². The number of hydrogen-bond acceptors (Lipinski definition) is 3. The summed E-state index contributed by atoms with van der Waals surface area (Å²) in [5.74, 6) is -0.464. The van der Waals surface area contributed by atoms with E-state index >= 15 is 0 Å². The summed E-state index contributed by atoms with van der Waals surface area (Å²) in [7, 11) is 0. The summed E-state index contributed by atoms with van der Waals surface area (Å²) in [5.41, 5.74) is 2.50. The van der Waals surface area contributed by atoms with E-state index in [2.05, 4.69) is 35.0 Å². The van der Waals surface area contributed by atoms with Crippen molar-refractivity contribution in [3.05, 3.63) is 67.7 Å². The normalized spacial score (nSPS) is 11.1. The van der Waals surface area contributed by atoms with E-state index in [9.17, 15) is 4.79 Å². The van der Waals surface area contributed by atoms with Crippen molar-refractivity contribution in [3.63, 3.8) is 0 Å². The molecule has 0 amide bonds. The van der Waals surface area contributed by atoms with Crippen molar-refractivity contribution in [3.8, 4) is 5.69 Å². The smallest absolute Gasteiger partial charge is 0.409 e. The average molecular weight is 404 g/mol. The van der Waals surface area contributed by atoms with Crippen molar-refractivity contribution in [2.24, 2.45) is 0 Å². The summed E-state index contributed by atoms with van der Waals surface area (Å²) >= 11 is 8.95. The van der Waals surface area contributed by atoms with Crippen molar-refractivity contribution in [2.45, 2.75) is 32.6 Å². The molecule has 124 valence electrons. The second-order valence-corrected chi connectivity index (χ2v) is 7.07. The van der Waals surface area contributed by atoms with E-state index in [1.807, 2.05) is 24.3 Å². The Hall–Kier alpha value is -1.72. The number of halogens is 1. The highest BCUT2D eigenvalue weighted by molar-refractivity contribution is 9.10. The predicted octanol–water partition coefficient (Wildman–Crippen LogP) is 5.81. The zero-order chi connectivity index (χ0) is 17.1. The third-order valence-corrected chi connectivity index (χ3v) is 4.91. The molecule has 5 heteroatoms. The summed E-state index contributed by atoms with van der Waals surface area (Å²) in [4.78, 5) is 12.4. The number of nitrogens with zero attached hydrogens (tertiary/aromatic N) is 1. The maximum atomic E-state index is 12.4. The maximum absolute atomic E-state index is 12.4. The molecule has 0 unspecified atom stereocenters. The lowest BCUT2D eigenvalue weighted by atomic mass is 10.1. The minimum Gasteiger partial charge on any atom is -0.409 e. The molecule has 0 bridgehead atoms.